The van der Waals surface area contributed by atoms with Gasteiger partial charge in [-0.3, -0.25) is 4.79 Å². The molecule has 0 bridgehead atoms. The molecule has 2 aromatic rings. The van der Waals surface area contributed by atoms with Gasteiger partial charge in [-0.1, -0.05) is 5.21 Å². The number of aromatic amines is 1. The Kier molecular flexibility index (Phi) is 5.08. The van der Waals surface area contributed by atoms with Crippen molar-refractivity contribution in [3.8, 4) is 11.5 Å². The Morgan fingerprint density at radius 2 is 2.05 bits per heavy atom. The van der Waals surface area contributed by atoms with Crippen molar-refractivity contribution in [2.24, 2.45) is 0 Å². The third-order valence-electron chi connectivity index (χ3n) is 2.78. The number of H-pyrrole nitrogens is 1. The van der Waals surface area contributed by atoms with Gasteiger partial charge < -0.3 is 14.8 Å². The summed E-state index contributed by atoms with van der Waals surface area (Å²) in [6, 6.07) is 6.89. The SMILES string of the molecule is COc1ccc(OCCC(=O)NC(C)c2nn[nH]n2)cc1. The molecule has 0 spiro atoms. The van der Waals surface area contributed by atoms with Crippen molar-refractivity contribution in [2.45, 2.75) is 19.4 Å². The second-order valence-electron chi connectivity index (χ2n) is 4.33. The van der Waals surface area contributed by atoms with E-state index in [1.807, 2.05) is 0 Å². The van der Waals surface area contributed by atoms with Gasteiger partial charge in [-0.15, -0.1) is 10.2 Å². The fourth-order valence-corrected chi connectivity index (χ4v) is 1.66. The van der Waals surface area contributed by atoms with Gasteiger partial charge in [-0.2, -0.15) is 5.21 Å². The topological polar surface area (TPSA) is 102 Å². The smallest absolute Gasteiger partial charge is 0.224 e. The molecule has 21 heavy (non-hydrogen) atoms. The zero-order chi connectivity index (χ0) is 15.1. The van der Waals surface area contributed by atoms with Crippen LogP contribution in [0.15, 0.2) is 24.3 Å². The molecule has 1 aromatic carbocycles. The minimum absolute atomic E-state index is 0.138. The Morgan fingerprint density at radius 3 is 2.67 bits per heavy atom. The average molecular weight is 291 g/mol. The van der Waals surface area contributed by atoms with Crippen molar-refractivity contribution in [3.63, 3.8) is 0 Å². The van der Waals surface area contributed by atoms with E-state index in [9.17, 15) is 4.79 Å². The lowest BCUT2D eigenvalue weighted by Crippen LogP contribution is -2.28. The van der Waals surface area contributed by atoms with Crippen molar-refractivity contribution < 1.29 is 14.3 Å². The van der Waals surface area contributed by atoms with E-state index in [-0.39, 0.29) is 25.0 Å². The average Bonchev–Trinajstić information content (AvgIpc) is 3.02. The highest BCUT2D eigenvalue weighted by Crippen LogP contribution is 2.17. The quantitative estimate of drug-likeness (QED) is 0.784. The summed E-state index contributed by atoms with van der Waals surface area (Å²) in [7, 11) is 1.60. The summed E-state index contributed by atoms with van der Waals surface area (Å²) in [6.07, 6.45) is 0.244. The maximum Gasteiger partial charge on any atom is 0.224 e. The van der Waals surface area contributed by atoms with Gasteiger partial charge >= 0.3 is 0 Å². The van der Waals surface area contributed by atoms with Gasteiger partial charge in [0.25, 0.3) is 0 Å². The van der Waals surface area contributed by atoms with Crippen LogP contribution in [-0.2, 0) is 4.79 Å². The summed E-state index contributed by atoms with van der Waals surface area (Å²) >= 11 is 0. The number of carbonyl (C=O) groups excluding carboxylic acids is 1. The highest BCUT2D eigenvalue weighted by molar-refractivity contribution is 5.76. The number of hydrogen-bond donors (Lipinski definition) is 2. The van der Waals surface area contributed by atoms with Gasteiger partial charge in [-0.05, 0) is 31.2 Å². The number of hydrogen-bond acceptors (Lipinski definition) is 6. The van der Waals surface area contributed by atoms with E-state index in [1.54, 1.807) is 38.3 Å². The number of aromatic nitrogens is 4. The zero-order valence-corrected chi connectivity index (χ0v) is 11.9. The molecule has 0 saturated heterocycles. The van der Waals surface area contributed by atoms with Crippen molar-refractivity contribution in [1.82, 2.24) is 25.9 Å². The van der Waals surface area contributed by atoms with Gasteiger partial charge in [0.15, 0.2) is 5.82 Å². The van der Waals surface area contributed by atoms with E-state index in [0.29, 0.717) is 11.6 Å². The van der Waals surface area contributed by atoms with Crippen LogP contribution in [-0.4, -0.2) is 40.2 Å². The lowest BCUT2D eigenvalue weighted by Gasteiger charge is -2.10. The van der Waals surface area contributed by atoms with Crippen LogP contribution in [0, 0.1) is 0 Å². The number of tetrazole rings is 1. The fourth-order valence-electron chi connectivity index (χ4n) is 1.66. The fraction of sp³-hybridized carbons (Fsp3) is 0.385. The van der Waals surface area contributed by atoms with Crippen LogP contribution in [0.4, 0.5) is 0 Å². The molecule has 0 saturated carbocycles. The van der Waals surface area contributed by atoms with Crippen molar-refractivity contribution >= 4 is 5.91 Å². The van der Waals surface area contributed by atoms with E-state index >= 15 is 0 Å². The second-order valence-corrected chi connectivity index (χ2v) is 4.33. The first-order valence-electron chi connectivity index (χ1n) is 6.48. The van der Waals surface area contributed by atoms with E-state index < -0.39 is 0 Å². The number of ether oxygens (including phenoxy) is 2. The Hall–Kier alpha value is -2.64. The first-order valence-corrected chi connectivity index (χ1v) is 6.48. The number of nitrogens with zero attached hydrogens (tertiary/aromatic N) is 3. The van der Waals surface area contributed by atoms with Gasteiger partial charge in [0.05, 0.1) is 26.2 Å². The molecule has 1 atom stereocenters. The standard InChI is InChI=1S/C13H17N5O3/c1-9(13-15-17-18-16-13)14-12(19)7-8-21-11-5-3-10(20-2)4-6-11/h3-6,9H,7-8H2,1-2H3,(H,14,19)(H,15,16,17,18). The highest BCUT2D eigenvalue weighted by Gasteiger charge is 2.13. The van der Waals surface area contributed by atoms with Crippen molar-refractivity contribution in [2.75, 3.05) is 13.7 Å². The van der Waals surface area contributed by atoms with E-state index in [1.165, 1.54) is 0 Å². The normalized spacial score (nSPS) is 11.7. The molecule has 8 nitrogen and oxygen atoms in total. The van der Waals surface area contributed by atoms with Crippen LogP contribution in [0.1, 0.15) is 25.2 Å². The number of rotatable bonds is 7. The minimum atomic E-state index is -0.294. The molecule has 112 valence electrons. The predicted molar refractivity (Wildman–Crippen MR) is 73.8 cm³/mol. The summed E-state index contributed by atoms with van der Waals surface area (Å²) in [5.41, 5.74) is 0. The van der Waals surface area contributed by atoms with Crippen molar-refractivity contribution in [3.05, 3.63) is 30.1 Å². The third-order valence-corrected chi connectivity index (χ3v) is 2.78. The first kappa shape index (κ1) is 14.8. The molecular weight excluding hydrogens is 274 g/mol. The van der Waals surface area contributed by atoms with Crippen molar-refractivity contribution in [1.29, 1.82) is 0 Å². The zero-order valence-electron chi connectivity index (χ0n) is 11.9. The van der Waals surface area contributed by atoms with Crippen LogP contribution in [0.3, 0.4) is 0 Å². The molecule has 0 aliphatic carbocycles. The molecule has 1 amide bonds. The van der Waals surface area contributed by atoms with E-state index in [0.717, 1.165) is 5.75 Å². The summed E-state index contributed by atoms with van der Waals surface area (Å²) < 4.78 is 10.5. The Morgan fingerprint density at radius 1 is 1.33 bits per heavy atom. The summed E-state index contributed by atoms with van der Waals surface area (Å²) in [4.78, 5) is 11.7. The molecule has 8 heteroatoms. The molecule has 1 aromatic heterocycles. The molecule has 1 unspecified atom stereocenters. The number of carbonyl (C=O) groups is 1. The van der Waals surface area contributed by atoms with Gasteiger partial charge in [-0.25, -0.2) is 0 Å². The predicted octanol–water partition coefficient (Wildman–Crippen LogP) is 0.855. The van der Waals surface area contributed by atoms with E-state index in [2.05, 4.69) is 25.9 Å². The van der Waals surface area contributed by atoms with E-state index in [4.69, 9.17) is 9.47 Å². The molecule has 2 rings (SSSR count). The number of benzene rings is 1. The number of nitrogens with one attached hydrogen (secondary N) is 2. The minimum Gasteiger partial charge on any atom is -0.497 e. The molecule has 2 N–H and O–H groups in total. The summed E-state index contributed by atoms with van der Waals surface area (Å²) in [6.45, 7) is 2.07. The monoisotopic (exact) mass is 291 g/mol. The summed E-state index contributed by atoms with van der Waals surface area (Å²) in [5, 5.41) is 16.2. The lowest BCUT2D eigenvalue weighted by atomic mass is 10.3. The molecular formula is C13H17N5O3. The maximum absolute atomic E-state index is 11.7. The Balaban J connectivity index is 1.71. The number of amides is 1. The maximum atomic E-state index is 11.7. The van der Waals surface area contributed by atoms with Gasteiger partial charge in [0.1, 0.15) is 11.5 Å². The molecule has 0 aliphatic heterocycles. The first-order chi connectivity index (χ1) is 10.2. The van der Waals surface area contributed by atoms with Gasteiger partial charge in [0.2, 0.25) is 5.91 Å². The molecule has 0 radical (unpaired) electrons. The largest absolute Gasteiger partial charge is 0.497 e. The molecule has 1 heterocycles. The highest BCUT2D eigenvalue weighted by atomic mass is 16.5. The Labute approximate surface area is 121 Å². The molecule has 0 fully saturated rings. The van der Waals surface area contributed by atoms with Gasteiger partial charge in [0, 0.05) is 0 Å². The van der Waals surface area contributed by atoms with Crippen LogP contribution >= 0.6 is 0 Å². The van der Waals surface area contributed by atoms with Crippen LogP contribution < -0.4 is 14.8 Å². The molecule has 0 aliphatic rings. The van der Waals surface area contributed by atoms with Crippen LogP contribution in [0.5, 0.6) is 11.5 Å². The number of methoxy groups -OCH3 is 1. The van der Waals surface area contributed by atoms with Crippen LogP contribution in [0.2, 0.25) is 0 Å². The van der Waals surface area contributed by atoms with Crippen LogP contribution in [0.25, 0.3) is 0 Å². The summed E-state index contributed by atoms with van der Waals surface area (Å²) in [5.74, 6) is 1.75. The Bertz CT molecular complexity index is 556. The lowest BCUT2D eigenvalue weighted by molar-refractivity contribution is -0.122. The third kappa shape index (κ3) is 4.44. The second kappa shape index (κ2) is 7.22.